The maximum atomic E-state index is 10.4. The first-order valence-corrected chi connectivity index (χ1v) is 6.50. The molecule has 6 heteroatoms. The molecular weight excluding hydrogens is 310 g/mol. The van der Waals surface area contributed by atoms with E-state index in [1.165, 1.54) is 0 Å². The van der Waals surface area contributed by atoms with Crippen LogP contribution in [0, 0.1) is 0 Å². The van der Waals surface area contributed by atoms with Crippen LogP contribution in [0.1, 0.15) is 6.42 Å². The smallest absolute Gasteiger partial charge is 0.305 e. The van der Waals surface area contributed by atoms with Crippen LogP contribution in [0.15, 0.2) is 40.9 Å². The fourth-order valence-electron chi connectivity index (χ4n) is 1.50. The quantitative estimate of drug-likeness (QED) is 0.885. The van der Waals surface area contributed by atoms with Gasteiger partial charge >= 0.3 is 5.97 Å². The average molecular weight is 322 g/mol. The second-order valence-electron chi connectivity index (χ2n) is 3.88. The van der Waals surface area contributed by atoms with E-state index in [4.69, 9.17) is 5.11 Å². The number of aromatic nitrogens is 2. The summed E-state index contributed by atoms with van der Waals surface area (Å²) in [5.74, 6) is -0.269. The van der Waals surface area contributed by atoms with Crippen LogP contribution in [-0.2, 0) is 4.79 Å². The van der Waals surface area contributed by atoms with E-state index in [1.54, 1.807) is 6.07 Å². The Morgan fingerprint density at radius 3 is 2.47 bits per heavy atom. The van der Waals surface area contributed by atoms with Gasteiger partial charge in [-0.15, -0.1) is 10.2 Å². The third kappa shape index (κ3) is 4.03. The van der Waals surface area contributed by atoms with Crippen molar-refractivity contribution in [1.29, 1.82) is 0 Å². The van der Waals surface area contributed by atoms with Crippen LogP contribution >= 0.6 is 15.9 Å². The predicted octanol–water partition coefficient (Wildman–Crippen LogP) is 2.79. The number of carboxylic acids is 1. The number of rotatable bonds is 5. The number of halogens is 1. The number of hydrogen-bond donors (Lipinski definition) is 2. The summed E-state index contributed by atoms with van der Waals surface area (Å²) < 4.78 is 1.01. The van der Waals surface area contributed by atoms with E-state index in [0.717, 1.165) is 15.7 Å². The molecule has 0 aliphatic rings. The fraction of sp³-hybridized carbons (Fsp3) is 0.154. The first kappa shape index (κ1) is 13.5. The Morgan fingerprint density at radius 2 is 1.89 bits per heavy atom. The summed E-state index contributed by atoms with van der Waals surface area (Å²) in [6.07, 6.45) is 0.0517. The minimum atomic E-state index is -0.841. The number of carboxylic acid groups (broad SMARTS) is 1. The first-order valence-electron chi connectivity index (χ1n) is 5.70. The molecule has 0 aliphatic carbocycles. The van der Waals surface area contributed by atoms with Crippen LogP contribution in [0.25, 0.3) is 11.3 Å². The summed E-state index contributed by atoms with van der Waals surface area (Å²) in [6, 6.07) is 11.4. The van der Waals surface area contributed by atoms with Gasteiger partial charge < -0.3 is 10.4 Å². The van der Waals surface area contributed by atoms with Gasteiger partial charge in [0.1, 0.15) is 5.82 Å². The summed E-state index contributed by atoms with van der Waals surface area (Å²) in [4.78, 5) is 10.4. The molecule has 2 aromatic rings. The molecule has 0 unspecified atom stereocenters. The zero-order valence-electron chi connectivity index (χ0n) is 10.0. The summed E-state index contributed by atoms with van der Waals surface area (Å²) in [7, 11) is 0. The summed E-state index contributed by atoms with van der Waals surface area (Å²) in [6.45, 7) is 0.335. The molecule has 0 saturated carbocycles. The largest absolute Gasteiger partial charge is 0.481 e. The SMILES string of the molecule is O=C(O)CCNc1ccc(-c2ccc(Br)cc2)nn1. The van der Waals surface area contributed by atoms with Crippen molar-refractivity contribution < 1.29 is 9.90 Å². The van der Waals surface area contributed by atoms with E-state index in [-0.39, 0.29) is 6.42 Å². The first-order chi connectivity index (χ1) is 9.15. The number of benzene rings is 1. The zero-order chi connectivity index (χ0) is 13.7. The Bertz CT molecular complexity index is 555. The molecule has 1 heterocycles. The summed E-state index contributed by atoms with van der Waals surface area (Å²) in [5.41, 5.74) is 1.75. The lowest BCUT2D eigenvalue weighted by Crippen LogP contribution is -2.09. The van der Waals surface area contributed by atoms with Gasteiger partial charge in [-0.05, 0) is 24.3 Å². The molecule has 0 radical (unpaired) electrons. The molecule has 0 saturated heterocycles. The molecule has 19 heavy (non-hydrogen) atoms. The van der Waals surface area contributed by atoms with Crippen molar-refractivity contribution in [2.24, 2.45) is 0 Å². The van der Waals surface area contributed by atoms with E-state index < -0.39 is 5.97 Å². The van der Waals surface area contributed by atoms with Crippen LogP contribution in [0.4, 0.5) is 5.82 Å². The Balaban J connectivity index is 2.02. The highest BCUT2D eigenvalue weighted by Crippen LogP contribution is 2.19. The van der Waals surface area contributed by atoms with E-state index in [0.29, 0.717) is 12.4 Å². The van der Waals surface area contributed by atoms with Crippen molar-refractivity contribution in [1.82, 2.24) is 10.2 Å². The van der Waals surface area contributed by atoms with Gasteiger partial charge in [0.25, 0.3) is 0 Å². The number of nitrogens with zero attached hydrogens (tertiary/aromatic N) is 2. The van der Waals surface area contributed by atoms with Crippen LogP contribution in [0.3, 0.4) is 0 Å². The molecule has 1 aromatic carbocycles. The highest BCUT2D eigenvalue weighted by Gasteiger charge is 2.02. The minimum Gasteiger partial charge on any atom is -0.481 e. The highest BCUT2D eigenvalue weighted by atomic mass is 79.9. The number of aliphatic carboxylic acids is 1. The maximum absolute atomic E-state index is 10.4. The third-order valence-corrected chi connectivity index (χ3v) is 2.98. The van der Waals surface area contributed by atoms with Gasteiger partial charge in [0.2, 0.25) is 0 Å². The molecule has 0 fully saturated rings. The summed E-state index contributed by atoms with van der Waals surface area (Å²) in [5, 5.41) is 19.5. The van der Waals surface area contributed by atoms with Crippen molar-refractivity contribution in [3.63, 3.8) is 0 Å². The Morgan fingerprint density at radius 1 is 1.16 bits per heavy atom. The Kier molecular flexibility index (Phi) is 4.46. The number of hydrogen-bond acceptors (Lipinski definition) is 4. The lowest BCUT2D eigenvalue weighted by Gasteiger charge is -2.04. The lowest BCUT2D eigenvalue weighted by molar-refractivity contribution is -0.136. The Labute approximate surface area is 118 Å². The molecule has 1 aromatic heterocycles. The van der Waals surface area contributed by atoms with Crippen LogP contribution in [-0.4, -0.2) is 27.8 Å². The van der Waals surface area contributed by atoms with Gasteiger partial charge in [-0.3, -0.25) is 4.79 Å². The Hall–Kier alpha value is -1.95. The molecule has 0 atom stereocenters. The van der Waals surface area contributed by atoms with Crippen LogP contribution in [0.2, 0.25) is 0 Å². The van der Waals surface area contributed by atoms with Crippen molar-refractivity contribution in [3.05, 3.63) is 40.9 Å². The molecule has 0 aliphatic heterocycles. The maximum Gasteiger partial charge on any atom is 0.305 e. The van der Waals surface area contributed by atoms with Crippen molar-refractivity contribution in [2.45, 2.75) is 6.42 Å². The fourth-order valence-corrected chi connectivity index (χ4v) is 1.76. The molecule has 5 nitrogen and oxygen atoms in total. The zero-order valence-corrected chi connectivity index (χ0v) is 11.6. The van der Waals surface area contributed by atoms with Gasteiger partial charge in [-0.25, -0.2) is 0 Å². The number of anilines is 1. The summed E-state index contributed by atoms with van der Waals surface area (Å²) >= 11 is 3.38. The molecular formula is C13H12BrN3O2. The topological polar surface area (TPSA) is 75.1 Å². The van der Waals surface area contributed by atoms with Crippen LogP contribution < -0.4 is 5.32 Å². The normalized spacial score (nSPS) is 10.2. The van der Waals surface area contributed by atoms with E-state index in [1.807, 2.05) is 30.3 Å². The van der Waals surface area contributed by atoms with E-state index >= 15 is 0 Å². The molecule has 98 valence electrons. The van der Waals surface area contributed by atoms with E-state index in [2.05, 4.69) is 31.4 Å². The van der Waals surface area contributed by atoms with Gasteiger partial charge in [-0.2, -0.15) is 0 Å². The van der Waals surface area contributed by atoms with Crippen LogP contribution in [0.5, 0.6) is 0 Å². The third-order valence-electron chi connectivity index (χ3n) is 2.45. The van der Waals surface area contributed by atoms with Crippen molar-refractivity contribution >= 4 is 27.7 Å². The second kappa shape index (κ2) is 6.29. The van der Waals surface area contributed by atoms with E-state index in [9.17, 15) is 4.79 Å². The number of nitrogens with one attached hydrogen (secondary N) is 1. The monoisotopic (exact) mass is 321 g/mol. The standard InChI is InChI=1S/C13H12BrN3O2/c14-10-3-1-9(2-4-10)11-5-6-12(17-16-11)15-8-7-13(18)19/h1-6H,7-8H2,(H,15,17)(H,18,19). The molecule has 0 bridgehead atoms. The number of carbonyl (C=O) groups is 1. The van der Waals surface area contributed by atoms with Crippen molar-refractivity contribution in [2.75, 3.05) is 11.9 Å². The van der Waals surface area contributed by atoms with Crippen molar-refractivity contribution in [3.8, 4) is 11.3 Å². The van der Waals surface area contributed by atoms with Gasteiger partial charge in [0.15, 0.2) is 0 Å². The average Bonchev–Trinajstić information content (AvgIpc) is 2.40. The van der Waals surface area contributed by atoms with Gasteiger partial charge in [0.05, 0.1) is 12.1 Å². The molecule has 2 N–H and O–H groups in total. The highest BCUT2D eigenvalue weighted by molar-refractivity contribution is 9.10. The second-order valence-corrected chi connectivity index (χ2v) is 4.80. The predicted molar refractivity (Wildman–Crippen MR) is 75.9 cm³/mol. The minimum absolute atomic E-state index is 0.0517. The molecule has 0 spiro atoms. The molecule has 2 rings (SSSR count). The van der Waals surface area contributed by atoms with Gasteiger partial charge in [-0.1, -0.05) is 28.1 Å². The molecule has 0 amide bonds. The van der Waals surface area contributed by atoms with Gasteiger partial charge in [0, 0.05) is 16.6 Å². The lowest BCUT2D eigenvalue weighted by atomic mass is 10.1.